The van der Waals surface area contributed by atoms with E-state index in [1.54, 1.807) is 11.3 Å². The summed E-state index contributed by atoms with van der Waals surface area (Å²) in [5.41, 5.74) is 17.1. The number of aryl methyl sites for hydroxylation is 1. The number of nitrogens with zero attached hydrogens (tertiary/aromatic N) is 1. The molecule has 1 heterocycles. The van der Waals surface area contributed by atoms with Crippen molar-refractivity contribution in [1.29, 1.82) is 0 Å². The summed E-state index contributed by atoms with van der Waals surface area (Å²) in [4.78, 5) is 5.65. The van der Waals surface area contributed by atoms with E-state index in [1.807, 2.05) is 6.07 Å². The van der Waals surface area contributed by atoms with Crippen LogP contribution in [0.15, 0.2) is 54.6 Å². The molecular weight excluding hydrogens is 302 g/mol. The van der Waals surface area contributed by atoms with E-state index < -0.39 is 0 Å². The molecular formula is C19H19N3S. The van der Waals surface area contributed by atoms with Crippen molar-refractivity contribution in [2.75, 3.05) is 5.73 Å². The molecule has 0 saturated carbocycles. The molecule has 0 radical (unpaired) electrons. The van der Waals surface area contributed by atoms with Crippen LogP contribution in [0.25, 0.3) is 11.1 Å². The number of fused-ring (bicyclic) bond motifs is 1. The maximum atomic E-state index is 6.79. The normalized spacial score (nSPS) is 20.2. The Morgan fingerprint density at radius 1 is 1.00 bits per heavy atom. The Hall–Kier alpha value is -2.17. The Labute approximate surface area is 140 Å². The number of hydrogen-bond donors (Lipinski definition) is 2. The summed E-state index contributed by atoms with van der Waals surface area (Å²) < 4.78 is 0. The highest BCUT2D eigenvalue weighted by Crippen LogP contribution is 2.38. The summed E-state index contributed by atoms with van der Waals surface area (Å²) >= 11 is 1.57. The van der Waals surface area contributed by atoms with Crippen LogP contribution in [0, 0.1) is 0 Å². The highest BCUT2D eigenvalue weighted by atomic mass is 32.1. The number of benzene rings is 2. The SMILES string of the molecule is Nc1nc2c(s1)CC(N)(c1cccc(-c3ccccc3)c1)CC2. The molecule has 3 aromatic rings. The average Bonchev–Trinajstić information content (AvgIpc) is 2.95. The van der Waals surface area contributed by atoms with Crippen molar-refractivity contribution in [2.45, 2.75) is 24.8 Å². The van der Waals surface area contributed by atoms with Gasteiger partial charge in [-0.25, -0.2) is 4.98 Å². The van der Waals surface area contributed by atoms with E-state index in [0.717, 1.165) is 25.0 Å². The van der Waals surface area contributed by atoms with Gasteiger partial charge in [0.05, 0.1) is 5.69 Å². The van der Waals surface area contributed by atoms with Crippen LogP contribution in [0.2, 0.25) is 0 Å². The van der Waals surface area contributed by atoms with Gasteiger partial charge in [-0.1, -0.05) is 48.5 Å². The van der Waals surface area contributed by atoms with Crippen LogP contribution < -0.4 is 11.5 Å². The first-order chi connectivity index (χ1) is 11.1. The van der Waals surface area contributed by atoms with Gasteiger partial charge in [0.25, 0.3) is 0 Å². The number of hydrogen-bond acceptors (Lipinski definition) is 4. The van der Waals surface area contributed by atoms with Gasteiger partial charge in [0.15, 0.2) is 5.13 Å². The molecule has 0 amide bonds. The fraction of sp³-hybridized carbons (Fsp3) is 0.211. The van der Waals surface area contributed by atoms with Gasteiger partial charge < -0.3 is 11.5 Å². The summed E-state index contributed by atoms with van der Waals surface area (Å²) in [7, 11) is 0. The van der Waals surface area contributed by atoms with Crippen LogP contribution in [0.3, 0.4) is 0 Å². The fourth-order valence-corrected chi connectivity index (χ4v) is 4.34. The average molecular weight is 321 g/mol. The third-order valence-corrected chi connectivity index (χ3v) is 5.55. The van der Waals surface area contributed by atoms with E-state index in [4.69, 9.17) is 11.5 Å². The van der Waals surface area contributed by atoms with Crippen molar-refractivity contribution in [3.05, 3.63) is 70.7 Å². The quantitative estimate of drug-likeness (QED) is 0.756. The molecule has 23 heavy (non-hydrogen) atoms. The molecule has 0 fully saturated rings. The largest absolute Gasteiger partial charge is 0.375 e. The second-order valence-corrected chi connectivity index (χ2v) is 7.32. The maximum Gasteiger partial charge on any atom is 0.180 e. The lowest BCUT2D eigenvalue weighted by atomic mass is 9.78. The smallest absolute Gasteiger partial charge is 0.180 e. The zero-order valence-corrected chi connectivity index (χ0v) is 13.6. The summed E-state index contributed by atoms with van der Waals surface area (Å²) in [5, 5.41) is 0.650. The molecule has 1 atom stereocenters. The molecule has 4 heteroatoms. The second kappa shape index (κ2) is 5.48. The molecule has 0 bridgehead atoms. The van der Waals surface area contributed by atoms with Crippen molar-refractivity contribution in [2.24, 2.45) is 5.73 Å². The second-order valence-electron chi connectivity index (χ2n) is 6.20. The van der Waals surface area contributed by atoms with Crippen molar-refractivity contribution in [1.82, 2.24) is 4.98 Å². The van der Waals surface area contributed by atoms with Gasteiger partial charge in [0.2, 0.25) is 0 Å². The summed E-state index contributed by atoms with van der Waals surface area (Å²) in [6, 6.07) is 19.0. The predicted molar refractivity (Wildman–Crippen MR) is 96.3 cm³/mol. The molecule has 0 spiro atoms. The van der Waals surface area contributed by atoms with E-state index in [0.29, 0.717) is 5.13 Å². The minimum atomic E-state index is -0.337. The first kappa shape index (κ1) is 14.4. The lowest BCUT2D eigenvalue weighted by Gasteiger charge is -2.33. The first-order valence-corrected chi connectivity index (χ1v) is 8.65. The van der Waals surface area contributed by atoms with E-state index in [1.165, 1.54) is 21.6 Å². The van der Waals surface area contributed by atoms with Crippen LogP contribution in [-0.4, -0.2) is 4.98 Å². The van der Waals surface area contributed by atoms with Gasteiger partial charge in [0, 0.05) is 16.8 Å². The Morgan fingerprint density at radius 2 is 1.78 bits per heavy atom. The molecule has 0 aliphatic heterocycles. The van der Waals surface area contributed by atoms with E-state index in [2.05, 4.69) is 53.5 Å². The zero-order chi connectivity index (χ0) is 15.9. The fourth-order valence-electron chi connectivity index (χ4n) is 3.34. The number of nitrogen functional groups attached to an aromatic ring is 1. The van der Waals surface area contributed by atoms with Gasteiger partial charge in [-0.15, -0.1) is 11.3 Å². The van der Waals surface area contributed by atoms with Gasteiger partial charge in [-0.3, -0.25) is 0 Å². The van der Waals surface area contributed by atoms with Gasteiger partial charge in [-0.2, -0.15) is 0 Å². The molecule has 1 aromatic heterocycles. The van der Waals surface area contributed by atoms with E-state index in [-0.39, 0.29) is 5.54 Å². The molecule has 4 N–H and O–H groups in total. The Kier molecular flexibility index (Phi) is 3.43. The minimum absolute atomic E-state index is 0.337. The molecule has 3 nitrogen and oxygen atoms in total. The number of thiazole rings is 1. The van der Waals surface area contributed by atoms with Crippen LogP contribution in [-0.2, 0) is 18.4 Å². The van der Waals surface area contributed by atoms with Crippen LogP contribution in [0.1, 0.15) is 22.6 Å². The first-order valence-electron chi connectivity index (χ1n) is 7.83. The van der Waals surface area contributed by atoms with Crippen molar-refractivity contribution >= 4 is 16.5 Å². The number of rotatable bonds is 2. The van der Waals surface area contributed by atoms with Crippen molar-refractivity contribution in [3.8, 4) is 11.1 Å². The van der Waals surface area contributed by atoms with Crippen molar-refractivity contribution < 1.29 is 0 Å². The number of anilines is 1. The maximum absolute atomic E-state index is 6.79. The van der Waals surface area contributed by atoms with Crippen molar-refractivity contribution in [3.63, 3.8) is 0 Å². The molecule has 1 aliphatic rings. The van der Waals surface area contributed by atoms with Crippen LogP contribution >= 0.6 is 11.3 Å². The van der Waals surface area contributed by atoms with Crippen LogP contribution in [0.4, 0.5) is 5.13 Å². The lowest BCUT2D eigenvalue weighted by molar-refractivity contribution is 0.386. The topological polar surface area (TPSA) is 64.9 Å². The molecule has 1 unspecified atom stereocenters. The summed E-state index contributed by atoms with van der Waals surface area (Å²) in [5.74, 6) is 0. The predicted octanol–water partition coefficient (Wildman–Crippen LogP) is 3.74. The summed E-state index contributed by atoms with van der Waals surface area (Å²) in [6.07, 6.45) is 2.62. The zero-order valence-electron chi connectivity index (χ0n) is 12.8. The molecule has 4 rings (SSSR count). The molecule has 116 valence electrons. The highest BCUT2D eigenvalue weighted by molar-refractivity contribution is 7.15. The molecule has 1 aliphatic carbocycles. The van der Waals surface area contributed by atoms with Crippen LogP contribution in [0.5, 0.6) is 0 Å². The minimum Gasteiger partial charge on any atom is -0.375 e. The Bertz CT molecular complexity index is 841. The number of aromatic nitrogens is 1. The molecule has 2 aromatic carbocycles. The summed E-state index contributed by atoms with van der Waals surface area (Å²) in [6.45, 7) is 0. The van der Waals surface area contributed by atoms with Gasteiger partial charge in [0.1, 0.15) is 0 Å². The molecule has 0 saturated heterocycles. The standard InChI is InChI=1S/C19H19N3S/c20-18-22-16-9-10-19(21,12-17(16)23-18)15-8-4-7-14(11-15)13-5-2-1-3-6-13/h1-8,11H,9-10,12,21H2,(H2,20,22). The monoisotopic (exact) mass is 321 g/mol. The van der Waals surface area contributed by atoms with Gasteiger partial charge >= 0.3 is 0 Å². The third kappa shape index (κ3) is 2.64. The van der Waals surface area contributed by atoms with Gasteiger partial charge in [-0.05, 0) is 35.6 Å². The van der Waals surface area contributed by atoms with E-state index in [9.17, 15) is 0 Å². The lowest BCUT2D eigenvalue weighted by Crippen LogP contribution is -2.41. The Morgan fingerprint density at radius 3 is 2.61 bits per heavy atom. The number of nitrogens with two attached hydrogens (primary N) is 2. The highest BCUT2D eigenvalue weighted by Gasteiger charge is 2.34. The third-order valence-electron chi connectivity index (χ3n) is 4.62. The Balaban J connectivity index is 1.71. The van der Waals surface area contributed by atoms with E-state index >= 15 is 0 Å².